The Kier molecular flexibility index (Phi) is 2.93. The van der Waals surface area contributed by atoms with Gasteiger partial charge in [0.2, 0.25) is 5.91 Å². The van der Waals surface area contributed by atoms with Gasteiger partial charge in [0.1, 0.15) is 6.04 Å². The standard InChI is InChI=1S/C9H18N2O2/c1-9(2,3)13-10-7-5-6-11(4)8(7)12/h7,10H,5-6H2,1-4H3. The second-order valence-electron chi connectivity index (χ2n) is 4.43. The lowest BCUT2D eigenvalue weighted by Crippen LogP contribution is -2.41. The predicted octanol–water partition coefficient (Wildman–Crippen LogP) is 0.537. The zero-order valence-electron chi connectivity index (χ0n) is 8.76. The highest BCUT2D eigenvalue weighted by Crippen LogP contribution is 2.11. The summed E-state index contributed by atoms with van der Waals surface area (Å²) in [5.41, 5.74) is 2.56. The van der Waals surface area contributed by atoms with Crippen LogP contribution in [0.2, 0.25) is 0 Å². The summed E-state index contributed by atoms with van der Waals surface area (Å²) in [5, 5.41) is 0. The molecule has 0 aromatic rings. The second-order valence-corrected chi connectivity index (χ2v) is 4.43. The summed E-state index contributed by atoms with van der Waals surface area (Å²) in [5.74, 6) is 0.115. The Labute approximate surface area is 79.2 Å². The van der Waals surface area contributed by atoms with Gasteiger partial charge in [0.25, 0.3) is 0 Å². The molecule has 1 amide bonds. The third-order valence-corrected chi connectivity index (χ3v) is 1.93. The van der Waals surface area contributed by atoms with E-state index in [2.05, 4.69) is 5.48 Å². The van der Waals surface area contributed by atoms with Crippen molar-refractivity contribution >= 4 is 5.91 Å². The fourth-order valence-electron chi connectivity index (χ4n) is 1.18. The molecular weight excluding hydrogens is 168 g/mol. The van der Waals surface area contributed by atoms with Crippen LogP contribution in [0.3, 0.4) is 0 Å². The van der Waals surface area contributed by atoms with Crippen molar-refractivity contribution in [1.82, 2.24) is 10.4 Å². The Morgan fingerprint density at radius 2 is 2.15 bits per heavy atom. The zero-order chi connectivity index (χ0) is 10.1. The molecule has 0 bridgehead atoms. The van der Waals surface area contributed by atoms with Crippen molar-refractivity contribution in [3.05, 3.63) is 0 Å². The van der Waals surface area contributed by atoms with Crippen molar-refractivity contribution in [3.8, 4) is 0 Å². The van der Waals surface area contributed by atoms with Crippen molar-refractivity contribution in [1.29, 1.82) is 0 Å². The highest BCUT2D eigenvalue weighted by molar-refractivity contribution is 5.83. The molecule has 1 N–H and O–H groups in total. The zero-order valence-corrected chi connectivity index (χ0v) is 8.76. The molecule has 0 radical (unpaired) electrons. The molecule has 0 aromatic carbocycles. The van der Waals surface area contributed by atoms with Gasteiger partial charge < -0.3 is 4.90 Å². The van der Waals surface area contributed by atoms with Gasteiger partial charge in [-0.15, -0.1) is 0 Å². The highest BCUT2D eigenvalue weighted by atomic mass is 16.7. The smallest absolute Gasteiger partial charge is 0.241 e. The molecule has 0 saturated carbocycles. The fourth-order valence-corrected chi connectivity index (χ4v) is 1.18. The van der Waals surface area contributed by atoms with Crippen LogP contribution in [0.5, 0.6) is 0 Å². The monoisotopic (exact) mass is 186 g/mol. The summed E-state index contributed by atoms with van der Waals surface area (Å²) in [6, 6.07) is -0.163. The summed E-state index contributed by atoms with van der Waals surface area (Å²) in [7, 11) is 1.81. The van der Waals surface area contributed by atoms with Crippen LogP contribution < -0.4 is 5.48 Å². The van der Waals surface area contributed by atoms with Crippen molar-refractivity contribution in [2.24, 2.45) is 0 Å². The van der Waals surface area contributed by atoms with E-state index in [0.717, 1.165) is 13.0 Å². The van der Waals surface area contributed by atoms with Crippen molar-refractivity contribution in [2.75, 3.05) is 13.6 Å². The first-order valence-electron chi connectivity index (χ1n) is 4.59. The third-order valence-electron chi connectivity index (χ3n) is 1.93. The second kappa shape index (κ2) is 3.64. The summed E-state index contributed by atoms with van der Waals surface area (Å²) in [4.78, 5) is 18.5. The van der Waals surface area contributed by atoms with Crippen molar-refractivity contribution in [2.45, 2.75) is 38.8 Å². The topological polar surface area (TPSA) is 41.6 Å². The van der Waals surface area contributed by atoms with E-state index in [9.17, 15) is 4.79 Å². The molecule has 1 fully saturated rings. The molecule has 4 nitrogen and oxygen atoms in total. The van der Waals surface area contributed by atoms with Gasteiger partial charge in [0.15, 0.2) is 0 Å². The molecule has 4 heteroatoms. The highest BCUT2D eigenvalue weighted by Gasteiger charge is 2.30. The quantitative estimate of drug-likeness (QED) is 0.640. The van der Waals surface area contributed by atoms with Gasteiger partial charge in [-0.1, -0.05) is 0 Å². The van der Waals surface area contributed by atoms with Gasteiger partial charge in [-0.2, -0.15) is 5.48 Å². The molecule has 0 aliphatic carbocycles. The van der Waals surface area contributed by atoms with Crippen LogP contribution in [0.4, 0.5) is 0 Å². The van der Waals surface area contributed by atoms with Gasteiger partial charge in [-0.05, 0) is 27.2 Å². The first-order chi connectivity index (χ1) is 5.90. The number of rotatable bonds is 2. The maximum atomic E-state index is 11.4. The fraction of sp³-hybridized carbons (Fsp3) is 0.889. The minimum Gasteiger partial charge on any atom is -0.344 e. The molecular formula is C9H18N2O2. The van der Waals surface area contributed by atoms with E-state index in [1.807, 2.05) is 20.8 Å². The number of carbonyl (C=O) groups excluding carboxylic acids is 1. The molecule has 1 aliphatic rings. The average molecular weight is 186 g/mol. The van der Waals surface area contributed by atoms with Crippen LogP contribution in [0.15, 0.2) is 0 Å². The first-order valence-corrected chi connectivity index (χ1v) is 4.59. The number of nitrogens with one attached hydrogen (secondary N) is 1. The van der Waals surface area contributed by atoms with Crippen LogP contribution in [-0.4, -0.2) is 36.0 Å². The van der Waals surface area contributed by atoms with E-state index in [-0.39, 0.29) is 17.6 Å². The third kappa shape index (κ3) is 2.97. The minimum atomic E-state index is -0.249. The average Bonchev–Trinajstić information content (AvgIpc) is 2.29. The molecule has 1 atom stereocenters. The summed E-state index contributed by atoms with van der Waals surface area (Å²) < 4.78 is 0. The summed E-state index contributed by atoms with van der Waals surface area (Å²) in [6.07, 6.45) is 0.825. The molecule has 1 aliphatic heterocycles. The number of likely N-dealkylation sites (tertiary alicyclic amines) is 1. The number of hydrogen-bond acceptors (Lipinski definition) is 3. The molecule has 1 heterocycles. The molecule has 0 aromatic heterocycles. The van der Waals surface area contributed by atoms with Crippen molar-refractivity contribution in [3.63, 3.8) is 0 Å². The van der Waals surface area contributed by atoms with E-state index < -0.39 is 0 Å². The molecule has 1 unspecified atom stereocenters. The lowest BCUT2D eigenvalue weighted by molar-refractivity contribution is -0.137. The Morgan fingerprint density at radius 3 is 2.54 bits per heavy atom. The molecule has 1 rings (SSSR count). The molecule has 76 valence electrons. The van der Waals surface area contributed by atoms with E-state index in [4.69, 9.17) is 4.84 Å². The number of carbonyl (C=O) groups is 1. The van der Waals surface area contributed by atoms with Gasteiger partial charge in [0, 0.05) is 13.6 Å². The SMILES string of the molecule is CN1CCC(NOC(C)(C)C)C1=O. The van der Waals surface area contributed by atoms with Gasteiger partial charge in [0.05, 0.1) is 5.60 Å². The maximum Gasteiger partial charge on any atom is 0.241 e. The van der Waals surface area contributed by atoms with Gasteiger partial charge >= 0.3 is 0 Å². The predicted molar refractivity (Wildman–Crippen MR) is 50.0 cm³/mol. The largest absolute Gasteiger partial charge is 0.344 e. The van der Waals surface area contributed by atoms with Crippen LogP contribution in [0, 0.1) is 0 Å². The van der Waals surface area contributed by atoms with Crippen LogP contribution in [0.1, 0.15) is 27.2 Å². The number of hydrogen-bond donors (Lipinski definition) is 1. The Balaban J connectivity index is 2.35. The number of amides is 1. The van der Waals surface area contributed by atoms with Gasteiger partial charge in [-0.3, -0.25) is 9.63 Å². The lowest BCUT2D eigenvalue weighted by atomic mass is 10.2. The van der Waals surface area contributed by atoms with Crippen LogP contribution >= 0.6 is 0 Å². The Morgan fingerprint density at radius 1 is 1.54 bits per heavy atom. The number of hydroxylamine groups is 1. The molecule has 0 spiro atoms. The van der Waals surface area contributed by atoms with E-state index in [1.165, 1.54) is 0 Å². The van der Waals surface area contributed by atoms with Crippen LogP contribution in [-0.2, 0) is 9.63 Å². The number of nitrogens with zero attached hydrogens (tertiary/aromatic N) is 1. The maximum absolute atomic E-state index is 11.4. The Bertz CT molecular complexity index is 198. The minimum absolute atomic E-state index is 0.115. The lowest BCUT2D eigenvalue weighted by Gasteiger charge is -2.21. The van der Waals surface area contributed by atoms with Crippen LogP contribution in [0.25, 0.3) is 0 Å². The van der Waals surface area contributed by atoms with E-state index in [1.54, 1.807) is 11.9 Å². The van der Waals surface area contributed by atoms with Gasteiger partial charge in [-0.25, -0.2) is 0 Å². The summed E-state index contributed by atoms with van der Waals surface area (Å²) >= 11 is 0. The number of likely N-dealkylation sites (N-methyl/N-ethyl adjacent to an activating group) is 1. The molecule has 13 heavy (non-hydrogen) atoms. The first kappa shape index (κ1) is 10.5. The summed E-state index contributed by atoms with van der Waals surface area (Å²) in [6.45, 7) is 6.65. The van der Waals surface area contributed by atoms with E-state index >= 15 is 0 Å². The Hall–Kier alpha value is -0.610. The van der Waals surface area contributed by atoms with E-state index in [0.29, 0.717) is 0 Å². The normalized spacial score (nSPS) is 24.2. The van der Waals surface area contributed by atoms with Crippen molar-refractivity contribution < 1.29 is 9.63 Å². The molecule has 1 saturated heterocycles.